The highest BCUT2D eigenvalue weighted by molar-refractivity contribution is 7.89. The van der Waals surface area contributed by atoms with Crippen molar-refractivity contribution in [2.24, 2.45) is 0 Å². The van der Waals surface area contributed by atoms with E-state index in [-0.39, 0.29) is 17.0 Å². The first kappa shape index (κ1) is 18.5. The highest BCUT2D eigenvalue weighted by Crippen LogP contribution is 2.17. The summed E-state index contributed by atoms with van der Waals surface area (Å²) in [5.74, 6) is -0.396. The van der Waals surface area contributed by atoms with Gasteiger partial charge >= 0.3 is 0 Å². The number of carbonyl (C=O) groups excluding carboxylic acids is 1. The van der Waals surface area contributed by atoms with E-state index in [0.717, 1.165) is 0 Å². The van der Waals surface area contributed by atoms with Gasteiger partial charge in [0.2, 0.25) is 10.0 Å². The lowest BCUT2D eigenvalue weighted by atomic mass is 10.1. The second-order valence-electron chi connectivity index (χ2n) is 6.32. The van der Waals surface area contributed by atoms with E-state index in [0.29, 0.717) is 25.2 Å². The molecule has 7 nitrogen and oxygen atoms in total. The smallest absolute Gasteiger partial charge is 0.255 e. The van der Waals surface area contributed by atoms with Crippen LogP contribution in [0.4, 0.5) is 5.69 Å². The first-order chi connectivity index (χ1) is 12.4. The third-order valence-corrected chi connectivity index (χ3v) is 5.65. The third-order valence-electron chi connectivity index (χ3n) is 4.25. The molecule has 1 aliphatic heterocycles. The lowest BCUT2D eigenvalue weighted by molar-refractivity contribution is 0.0667. The van der Waals surface area contributed by atoms with Gasteiger partial charge in [0.05, 0.1) is 10.5 Å². The summed E-state index contributed by atoms with van der Waals surface area (Å²) >= 11 is 0. The Morgan fingerprint density at radius 3 is 2.62 bits per heavy atom. The van der Waals surface area contributed by atoms with Crippen molar-refractivity contribution < 1.29 is 18.3 Å². The molecule has 0 radical (unpaired) electrons. The highest BCUT2D eigenvalue weighted by atomic mass is 32.2. The number of β-amino-alcohol motifs (C(OH)–C–C–N with tert-alkyl or cyclic N) is 1. The Morgan fingerprint density at radius 2 is 1.92 bits per heavy atom. The molecule has 8 heteroatoms. The largest absolute Gasteiger partial charge is 0.387 e. The van der Waals surface area contributed by atoms with E-state index in [4.69, 9.17) is 0 Å². The van der Waals surface area contributed by atoms with E-state index in [1.807, 2.05) is 6.07 Å². The van der Waals surface area contributed by atoms with Gasteiger partial charge in [0.25, 0.3) is 5.91 Å². The minimum atomic E-state index is -3.83. The molecule has 138 valence electrons. The molecule has 1 fully saturated rings. The van der Waals surface area contributed by atoms with E-state index < -0.39 is 21.5 Å². The van der Waals surface area contributed by atoms with Crippen LogP contribution < -0.4 is 15.4 Å². The summed E-state index contributed by atoms with van der Waals surface area (Å²) in [5.41, 5.74) is -0.229. The molecular formula is C18H21N3O4S. The average molecular weight is 375 g/mol. The predicted molar refractivity (Wildman–Crippen MR) is 98.5 cm³/mol. The number of nitrogens with one attached hydrogen (secondary N) is 3. The zero-order valence-corrected chi connectivity index (χ0v) is 14.9. The highest BCUT2D eigenvalue weighted by Gasteiger charge is 2.32. The van der Waals surface area contributed by atoms with Gasteiger partial charge in [-0.2, -0.15) is 0 Å². The normalized spacial score (nSPS) is 20.0. The quantitative estimate of drug-likeness (QED) is 0.601. The Balaban J connectivity index is 1.72. The lowest BCUT2D eigenvalue weighted by Gasteiger charge is -2.21. The van der Waals surface area contributed by atoms with Crippen LogP contribution in [0.5, 0.6) is 0 Å². The number of para-hydroxylation sites is 1. The van der Waals surface area contributed by atoms with Crippen LogP contribution in [0, 0.1) is 0 Å². The van der Waals surface area contributed by atoms with Crippen LogP contribution in [0.1, 0.15) is 16.8 Å². The molecular weight excluding hydrogens is 354 g/mol. The number of sulfonamides is 1. The van der Waals surface area contributed by atoms with Crippen molar-refractivity contribution >= 4 is 21.6 Å². The van der Waals surface area contributed by atoms with Crippen molar-refractivity contribution in [2.45, 2.75) is 16.9 Å². The van der Waals surface area contributed by atoms with Crippen LogP contribution in [0.2, 0.25) is 0 Å². The van der Waals surface area contributed by atoms with Gasteiger partial charge in [0, 0.05) is 24.3 Å². The minimum Gasteiger partial charge on any atom is -0.387 e. The van der Waals surface area contributed by atoms with Gasteiger partial charge < -0.3 is 15.7 Å². The Kier molecular flexibility index (Phi) is 5.38. The molecule has 0 saturated carbocycles. The van der Waals surface area contributed by atoms with Crippen molar-refractivity contribution in [1.29, 1.82) is 0 Å². The Labute approximate surface area is 152 Å². The zero-order chi connectivity index (χ0) is 18.6. The second-order valence-corrected chi connectivity index (χ2v) is 8.09. The maximum atomic E-state index is 12.5. The van der Waals surface area contributed by atoms with Crippen molar-refractivity contribution in [2.75, 3.05) is 25.0 Å². The van der Waals surface area contributed by atoms with Gasteiger partial charge in [0.15, 0.2) is 0 Å². The molecule has 0 bridgehead atoms. The van der Waals surface area contributed by atoms with Crippen LogP contribution >= 0.6 is 0 Å². The van der Waals surface area contributed by atoms with Gasteiger partial charge in [-0.05, 0) is 43.3 Å². The fourth-order valence-electron chi connectivity index (χ4n) is 2.72. The minimum absolute atomic E-state index is 0.0206. The number of hydrogen-bond acceptors (Lipinski definition) is 5. The van der Waals surface area contributed by atoms with E-state index in [1.165, 1.54) is 18.2 Å². The number of amides is 1. The van der Waals surface area contributed by atoms with Crippen LogP contribution in [0.3, 0.4) is 0 Å². The first-order valence-electron chi connectivity index (χ1n) is 8.27. The molecule has 0 aromatic heterocycles. The molecule has 1 saturated heterocycles. The maximum absolute atomic E-state index is 12.5. The molecule has 3 rings (SSSR count). The van der Waals surface area contributed by atoms with Crippen molar-refractivity contribution in [3.05, 3.63) is 60.2 Å². The summed E-state index contributed by atoms with van der Waals surface area (Å²) in [5, 5.41) is 16.0. The third kappa shape index (κ3) is 4.47. The van der Waals surface area contributed by atoms with Gasteiger partial charge in [-0.3, -0.25) is 4.79 Å². The number of benzene rings is 2. The molecule has 0 aliphatic carbocycles. The van der Waals surface area contributed by atoms with Gasteiger partial charge in [-0.25, -0.2) is 13.1 Å². The average Bonchev–Trinajstić information content (AvgIpc) is 3.08. The van der Waals surface area contributed by atoms with E-state index in [9.17, 15) is 18.3 Å². The summed E-state index contributed by atoms with van der Waals surface area (Å²) in [6, 6.07) is 14.7. The number of aliphatic hydroxyl groups is 1. The molecule has 2 aromatic carbocycles. The summed E-state index contributed by atoms with van der Waals surface area (Å²) < 4.78 is 27.4. The van der Waals surface area contributed by atoms with E-state index >= 15 is 0 Å². The van der Waals surface area contributed by atoms with Crippen LogP contribution in [-0.2, 0) is 10.0 Å². The van der Waals surface area contributed by atoms with Crippen LogP contribution in [0.15, 0.2) is 59.5 Å². The SMILES string of the molecule is O=C(Nc1ccccc1)c1cccc(S(=O)(=O)NC[C@]2(O)CCNC2)c1. The topological polar surface area (TPSA) is 108 Å². The summed E-state index contributed by atoms with van der Waals surface area (Å²) in [4.78, 5) is 12.3. The lowest BCUT2D eigenvalue weighted by Crippen LogP contribution is -2.44. The van der Waals surface area contributed by atoms with Gasteiger partial charge in [-0.15, -0.1) is 0 Å². The molecule has 1 heterocycles. The van der Waals surface area contributed by atoms with Crippen LogP contribution in [0.25, 0.3) is 0 Å². The molecule has 0 spiro atoms. The zero-order valence-electron chi connectivity index (χ0n) is 14.1. The molecule has 4 N–H and O–H groups in total. The summed E-state index contributed by atoms with van der Waals surface area (Å²) in [7, 11) is -3.83. The molecule has 1 atom stereocenters. The Bertz CT molecular complexity index is 878. The fourth-order valence-corrected chi connectivity index (χ4v) is 3.89. The Hall–Kier alpha value is -2.26. The predicted octanol–water partition coefficient (Wildman–Crippen LogP) is 0.942. The molecule has 0 unspecified atom stereocenters. The number of rotatable bonds is 6. The molecule has 1 amide bonds. The van der Waals surface area contributed by atoms with Gasteiger partial charge in [0.1, 0.15) is 0 Å². The first-order valence-corrected chi connectivity index (χ1v) is 9.76. The second kappa shape index (κ2) is 7.55. The molecule has 2 aromatic rings. The number of anilines is 1. The Morgan fingerprint density at radius 1 is 1.15 bits per heavy atom. The van der Waals surface area contributed by atoms with Crippen molar-refractivity contribution in [3.8, 4) is 0 Å². The van der Waals surface area contributed by atoms with E-state index in [2.05, 4.69) is 15.4 Å². The van der Waals surface area contributed by atoms with Crippen LogP contribution in [-0.4, -0.2) is 44.7 Å². The number of carbonyl (C=O) groups is 1. The van der Waals surface area contributed by atoms with Gasteiger partial charge in [-0.1, -0.05) is 24.3 Å². The summed E-state index contributed by atoms with van der Waals surface area (Å²) in [6.07, 6.45) is 0.481. The fraction of sp³-hybridized carbons (Fsp3) is 0.278. The molecule has 1 aliphatic rings. The van der Waals surface area contributed by atoms with E-state index in [1.54, 1.807) is 30.3 Å². The van der Waals surface area contributed by atoms with Crippen molar-refractivity contribution in [3.63, 3.8) is 0 Å². The standard InChI is InChI=1S/C18H21N3O4S/c22-17(21-15-6-2-1-3-7-15)14-5-4-8-16(11-14)26(24,25)20-13-18(23)9-10-19-12-18/h1-8,11,19-20,23H,9-10,12-13H2,(H,21,22)/t18-/m0/s1. The maximum Gasteiger partial charge on any atom is 0.255 e. The number of hydrogen-bond donors (Lipinski definition) is 4. The molecule has 26 heavy (non-hydrogen) atoms. The summed E-state index contributed by atoms with van der Waals surface area (Å²) in [6.45, 7) is 0.908. The van der Waals surface area contributed by atoms with Crippen molar-refractivity contribution in [1.82, 2.24) is 10.0 Å². The monoisotopic (exact) mass is 375 g/mol.